The Morgan fingerprint density at radius 2 is 1.86 bits per heavy atom. The summed E-state index contributed by atoms with van der Waals surface area (Å²) in [5.74, 6) is -1.41. The van der Waals surface area contributed by atoms with Crippen molar-refractivity contribution in [3.05, 3.63) is 62.7 Å². The van der Waals surface area contributed by atoms with E-state index in [1.54, 1.807) is 0 Å². The van der Waals surface area contributed by atoms with Gasteiger partial charge in [-0.2, -0.15) is 0 Å². The first kappa shape index (κ1) is 15.8. The highest BCUT2D eigenvalue weighted by atomic mass is 127. The van der Waals surface area contributed by atoms with Gasteiger partial charge in [-0.1, -0.05) is 12.2 Å². The maximum Gasteiger partial charge on any atom is 0.256 e. The number of nitrogens with two attached hydrogens (primary N) is 1. The predicted octanol–water partition coefficient (Wildman–Crippen LogP) is 3.46. The molecule has 108 valence electrons. The van der Waals surface area contributed by atoms with Crippen LogP contribution in [0.25, 0.3) is 0 Å². The minimum absolute atomic E-state index is 0.0524. The Morgan fingerprint density at radius 3 is 2.48 bits per heavy atom. The Kier molecular flexibility index (Phi) is 4.84. The fourth-order valence-corrected chi connectivity index (χ4v) is 2.54. The third kappa shape index (κ3) is 3.73. The molecule has 0 aliphatic rings. The van der Waals surface area contributed by atoms with Crippen molar-refractivity contribution in [3.63, 3.8) is 0 Å². The van der Waals surface area contributed by atoms with Crippen molar-refractivity contribution in [3.8, 4) is 0 Å². The van der Waals surface area contributed by atoms with Gasteiger partial charge in [0.15, 0.2) is 0 Å². The van der Waals surface area contributed by atoms with E-state index in [-0.39, 0.29) is 10.6 Å². The topological polar surface area (TPSA) is 55.1 Å². The van der Waals surface area contributed by atoms with Gasteiger partial charge < -0.3 is 11.1 Å². The Bertz CT molecular complexity index is 737. The molecule has 0 bridgehead atoms. The minimum atomic E-state index is -0.558. The summed E-state index contributed by atoms with van der Waals surface area (Å²) < 4.78 is 27.0. The van der Waals surface area contributed by atoms with Crippen LogP contribution in [-0.4, -0.2) is 10.9 Å². The zero-order chi connectivity index (χ0) is 15.6. The van der Waals surface area contributed by atoms with Gasteiger partial charge in [-0.3, -0.25) is 4.79 Å². The summed E-state index contributed by atoms with van der Waals surface area (Å²) in [6, 6.07) is 7.74. The van der Waals surface area contributed by atoms with E-state index in [1.807, 2.05) is 22.6 Å². The molecule has 0 fully saturated rings. The highest BCUT2D eigenvalue weighted by molar-refractivity contribution is 14.1. The molecule has 0 saturated carbocycles. The van der Waals surface area contributed by atoms with Crippen molar-refractivity contribution in [2.45, 2.75) is 0 Å². The molecule has 0 radical (unpaired) electrons. The smallest absolute Gasteiger partial charge is 0.256 e. The maximum absolute atomic E-state index is 13.5. The summed E-state index contributed by atoms with van der Waals surface area (Å²) in [5.41, 5.74) is 6.12. The Balaban J connectivity index is 2.27. The summed E-state index contributed by atoms with van der Waals surface area (Å²) in [4.78, 5) is 12.0. The van der Waals surface area contributed by atoms with Crippen LogP contribution in [-0.2, 0) is 0 Å². The number of carbonyl (C=O) groups is 1. The average Bonchev–Trinajstić information content (AvgIpc) is 2.40. The molecule has 3 nitrogen and oxygen atoms in total. The zero-order valence-corrected chi connectivity index (χ0v) is 13.5. The second-order valence-corrected chi connectivity index (χ2v) is 5.74. The number of carbonyl (C=O) groups excluding carboxylic acids is 1. The van der Waals surface area contributed by atoms with Crippen molar-refractivity contribution in [2.24, 2.45) is 5.73 Å². The van der Waals surface area contributed by atoms with E-state index in [0.29, 0.717) is 14.8 Å². The van der Waals surface area contributed by atoms with Crippen LogP contribution < -0.4 is 11.1 Å². The van der Waals surface area contributed by atoms with Crippen molar-refractivity contribution in [1.82, 2.24) is 0 Å². The molecule has 7 heteroatoms. The molecule has 0 spiro atoms. The molecule has 0 aliphatic heterocycles. The second-order valence-electron chi connectivity index (χ2n) is 4.14. The lowest BCUT2D eigenvalue weighted by Crippen LogP contribution is -2.16. The van der Waals surface area contributed by atoms with Crippen molar-refractivity contribution in [1.29, 1.82) is 0 Å². The quantitative estimate of drug-likeness (QED) is 0.593. The van der Waals surface area contributed by atoms with Crippen LogP contribution in [0.15, 0.2) is 36.4 Å². The first-order valence-electron chi connectivity index (χ1n) is 5.74. The van der Waals surface area contributed by atoms with Crippen LogP contribution in [0.2, 0.25) is 0 Å². The predicted molar refractivity (Wildman–Crippen MR) is 89.4 cm³/mol. The first-order valence-corrected chi connectivity index (χ1v) is 7.23. The monoisotopic (exact) mass is 418 g/mol. The molecule has 0 unspecified atom stereocenters. The van der Waals surface area contributed by atoms with Crippen LogP contribution in [0.4, 0.5) is 14.5 Å². The fraction of sp³-hybridized carbons (Fsp3) is 0. The number of nitrogens with one attached hydrogen (secondary N) is 1. The molecular weight excluding hydrogens is 409 g/mol. The van der Waals surface area contributed by atoms with Crippen LogP contribution in [0.5, 0.6) is 0 Å². The molecule has 2 aromatic rings. The van der Waals surface area contributed by atoms with Gasteiger partial charge in [-0.05, 0) is 59.0 Å². The lowest BCUT2D eigenvalue weighted by molar-refractivity contribution is 0.102. The minimum Gasteiger partial charge on any atom is -0.389 e. The van der Waals surface area contributed by atoms with Crippen LogP contribution in [0.3, 0.4) is 0 Å². The number of amides is 1. The van der Waals surface area contributed by atoms with E-state index in [4.69, 9.17) is 18.0 Å². The number of hydrogen-bond acceptors (Lipinski definition) is 2. The number of anilines is 1. The van der Waals surface area contributed by atoms with E-state index < -0.39 is 17.5 Å². The molecule has 3 N–H and O–H groups in total. The van der Waals surface area contributed by atoms with Crippen LogP contribution in [0.1, 0.15) is 15.9 Å². The number of benzene rings is 2. The van der Waals surface area contributed by atoms with Crippen molar-refractivity contribution < 1.29 is 13.6 Å². The third-order valence-corrected chi connectivity index (χ3v) is 3.78. The van der Waals surface area contributed by atoms with Crippen LogP contribution in [0, 0.1) is 15.2 Å². The number of rotatable bonds is 3. The summed E-state index contributed by atoms with van der Waals surface area (Å²) in [7, 11) is 0. The Labute approximate surface area is 138 Å². The largest absolute Gasteiger partial charge is 0.389 e. The van der Waals surface area contributed by atoms with E-state index in [0.717, 1.165) is 0 Å². The van der Waals surface area contributed by atoms with Gasteiger partial charge >= 0.3 is 0 Å². The summed E-state index contributed by atoms with van der Waals surface area (Å²) >= 11 is 6.60. The zero-order valence-electron chi connectivity index (χ0n) is 10.5. The van der Waals surface area contributed by atoms with Gasteiger partial charge in [0.25, 0.3) is 5.91 Å². The number of halogens is 3. The summed E-state index contributed by atoms with van der Waals surface area (Å²) in [6.45, 7) is 0. The highest BCUT2D eigenvalue weighted by Gasteiger charge is 2.13. The molecule has 2 rings (SSSR count). The van der Waals surface area contributed by atoms with E-state index in [1.165, 1.54) is 36.4 Å². The van der Waals surface area contributed by atoms with Gasteiger partial charge in [0.2, 0.25) is 0 Å². The number of hydrogen-bond donors (Lipinski definition) is 2. The molecule has 0 heterocycles. The van der Waals surface area contributed by atoms with E-state index >= 15 is 0 Å². The second kappa shape index (κ2) is 6.44. The normalized spacial score (nSPS) is 10.2. The van der Waals surface area contributed by atoms with Gasteiger partial charge in [0.05, 0.1) is 5.56 Å². The Morgan fingerprint density at radius 1 is 1.14 bits per heavy atom. The van der Waals surface area contributed by atoms with Gasteiger partial charge in [-0.25, -0.2) is 8.78 Å². The van der Waals surface area contributed by atoms with Crippen molar-refractivity contribution in [2.75, 3.05) is 5.32 Å². The molecule has 2 aromatic carbocycles. The maximum atomic E-state index is 13.5. The number of thiocarbonyl (C=S) groups is 1. The molecule has 0 atom stereocenters. The Hall–Kier alpha value is -1.61. The third-order valence-electron chi connectivity index (χ3n) is 2.67. The molecule has 0 aromatic heterocycles. The molecule has 0 saturated heterocycles. The molecule has 21 heavy (non-hydrogen) atoms. The van der Waals surface area contributed by atoms with E-state index in [2.05, 4.69) is 5.32 Å². The lowest BCUT2D eigenvalue weighted by atomic mass is 10.1. The fourth-order valence-electron chi connectivity index (χ4n) is 1.66. The molecule has 0 aliphatic carbocycles. The highest BCUT2D eigenvalue weighted by Crippen LogP contribution is 2.18. The summed E-state index contributed by atoms with van der Waals surface area (Å²) in [5, 5.41) is 2.59. The summed E-state index contributed by atoms with van der Waals surface area (Å²) in [6.07, 6.45) is 0. The average molecular weight is 418 g/mol. The SMILES string of the molecule is NC(=S)c1cc(NC(=O)c2ccc(F)cc2I)ccc1F. The van der Waals surface area contributed by atoms with Crippen LogP contribution >= 0.6 is 34.8 Å². The molecule has 1 amide bonds. The molecular formula is C14H9F2IN2OS. The first-order chi connectivity index (χ1) is 9.88. The lowest BCUT2D eigenvalue weighted by Gasteiger charge is -2.09. The van der Waals surface area contributed by atoms with E-state index in [9.17, 15) is 13.6 Å². The standard InChI is InChI=1S/C14H9F2IN2OS/c15-7-1-3-9(12(17)5-7)14(20)19-8-2-4-11(16)10(6-8)13(18)21/h1-6H,(H2,18,21)(H,19,20). The van der Waals surface area contributed by atoms with Gasteiger partial charge in [0.1, 0.15) is 16.6 Å². The van der Waals surface area contributed by atoms with Gasteiger partial charge in [0, 0.05) is 14.8 Å². The van der Waals surface area contributed by atoms with Crippen molar-refractivity contribution >= 4 is 51.4 Å². The van der Waals surface area contributed by atoms with Gasteiger partial charge in [-0.15, -0.1) is 0 Å².